The van der Waals surface area contributed by atoms with Gasteiger partial charge >= 0.3 is 0 Å². The molecule has 2 bridgehead atoms. The van der Waals surface area contributed by atoms with E-state index >= 15 is 0 Å². The Balaban J connectivity index is 1.40. The summed E-state index contributed by atoms with van der Waals surface area (Å²) in [6.45, 7) is 3.47. The first-order valence-electron chi connectivity index (χ1n) is 9.62. The zero-order chi connectivity index (χ0) is 17.5. The maximum absolute atomic E-state index is 6.49. The van der Waals surface area contributed by atoms with Crippen molar-refractivity contribution in [3.8, 4) is 17.2 Å². The van der Waals surface area contributed by atoms with Crippen LogP contribution in [0, 0.1) is 12.8 Å². The Labute approximate surface area is 154 Å². The average molecular weight is 351 g/mol. The molecule has 3 heterocycles. The maximum atomic E-state index is 6.49. The van der Waals surface area contributed by atoms with Crippen LogP contribution in [0.1, 0.15) is 36.3 Å². The van der Waals surface area contributed by atoms with E-state index in [4.69, 9.17) is 14.2 Å². The van der Waals surface area contributed by atoms with E-state index < -0.39 is 0 Å². The molecular weight excluding hydrogens is 326 g/mol. The molecule has 0 radical (unpaired) electrons. The highest BCUT2D eigenvalue weighted by Gasteiger charge is 2.40. The van der Waals surface area contributed by atoms with Crippen LogP contribution < -0.4 is 19.5 Å². The summed E-state index contributed by atoms with van der Waals surface area (Å²) in [6, 6.07) is 15.6. The standard InChI is InChI=1S/C22H25NO3/c1-14-2-4-15(5-3-14)18-10-16-6-8-20(19(18)12-23-16)26-17-7-9-21-22(11-17)25-13-24-21/h2-5,7,9,11,16,18-20,23H,6,8,10,12-13H2,1H3/t16-,18+,19-,20-/m0/s1. The summed E-state index contributed by atoms with van der Waals surface area (Å²) in [5.41, 5.74) is 2.77. The van der Waals surface area contributed by atoms with Gasteiger partial charge in [-0.1, -0.05) is 29.8 Å². The fourth-order valence-electron chi connectivity index (χ4n) is 4.67. The highest BCUT2D eigenvalue weighted by molar-refractivity contribution is 5.47. The van der Waals surface area contributed by atoms with Crippen molar-refractivity contribution in [3.63, 3.8) is 0 Å². The number of hydrogen-bond donors (Lipinski definition) is 1. The molecule has 1 N–H and O–H groups in total. The number of ether oxygens (including phenoxy) is 3. The highest BCUT2D eigenvalue weighted by atomic mass is 16.7. The molecule has 0 amide bonds. The summed E-state index contributed by atoms with van der Waals surface area (Å²) in [6.07, 6.45) is 3.70. The van der Waals surface area contributed by atoms with Crippen molar-refractivity contribution in [3.05, 3.63) is 53.6 Å². The lowest BCUT2D eigenvalue weighted by Gasteiger charge is -2.37. The lowest BCUT2D eigenvalue weighted by Crippen LogP contribution is -2.44. The molecule has 4 aliphatic rings. The van der Waals surface area contributed by atoms with Gasteiger partial charge in [0.05, 0.1) is 0 Å². The molecule has 0 aromatic heterocycles. The van der Waals surface area contributed by atoms with Crippen LogP contribution in [0.15, 0.2) is 42.5 Å². The fourth-order valence-corrected chi connectivity index (χ4v) is 4.67. The van der Waals surface area contributed by atoms with Crippen molar-refractivity contribution in [2.45, 2.75) is 44.2 Å². The first kappa shape index (κ1) is 16.0. The first-order chi connectivity index (χ1) is 12.8. The monoisotopic (exact) mass is 351 g/mol. The van der Waals surface area contributed by atoms with E-state index in [1.54, 1.807) is 0 Å². The topological polar surface area (TPSA) is 39.7 Å². The van der Waals surface area contributed by atoms with E-state index in [1.807, 2.05) is 18.2 Å². The van der Waals surface area contributed by atoms with Gasteiger partial charge in [-0.05, 0) is 49.8 Å². The average Bonchev–Trinajstić information content (AvgIpc) is 2.97. The van der Waals surface area contributed by atoms with Crippen molar-refractivity contribution in [2.24, 2.45) is 5.92 Å². The van der Waals surface area contributed by atoms with Gasteiger partial charge in [0.25, 0.3) is 0 Å². The van der Waals surface area contributed by atoms with Gasteiger partial charge in [0.1, 0.15) is 11.9 Å². The number of rotatable bonds is 3. The van der Waals surface area contributed by atoms with Gasteiger partial charge in [-0.3, -0.25) is 0 Å². The molecule has 3 aliphatic heterocycles. The summed E-state index contributed by atoms with van der Waals surface area (Å²) in [5, 5.41) is 3.72. The van der Waals surface area contributed by atoms with Crippen molar-refractivity contribution in [2.75, 3.05) is 13.3 Å². The van der Waals surface area contributed by atoms with Crippen molar-refractivity contribution >= 4 is 0 Å². The molecule has 136 valence electrons. The molecule has 2 aromatic carbocycles. The Morgan fingerprint density at radius 2 is 1.85 bits per heavy atom. The second-order valence-corrected chi connectivity index (χ2v) is 7.77. The van der Waals surface area contributed by atoms with Crippen molar-refractivity contribution in [1.29, 1.82) is 0 Å². The summed E-state index contributed by atoms with van der Waals surface area (Å²) in [4.78, 5) is 0. The number of aryl methyl sites for hydroxylation is 1. The van der Waals surface area contributed by atoms with E-state index in [-0.39, 0.29) is 6.10 Å². The summed E-state index contributed by atoms with van der Waals surface area (Å²) in [7, 11) is 0. The molecule has 6 rings (SSSR count). The van der Waals surface area contributed by atoms with Gasteiger partial charge in [-0.15, -0.1) is 0 Å². The molecule has 4 nitrogen and oxygen atoms in total. The minimum atomic E-state index is 0.224. The first-order valence-corrected chi connectivity index (χ1v) is 9.62. The van der Waals surface area contributed by atoms with Gasteiger partial charge in [0.2, 0.25) is 6.79 Å². The molecule has 4 atom stereocenters. The lowest BCUT2D eigenvalue weighted by molar-refractivity contribution is 0.111. The molecule has 26 heavy (non-hydrogen) atoms. The van der Waals surface area contributed by atoms with Crippen LogP contribution in [0.2, 0.25) is 0 Å². The van der Waals surface area contributed by atoms with Crippen LogP contribution in [-0.4, -0.2) is 25.5 Å². The molecule has 4 heteroatoms. The van der Waals surface area contributed by atoms with Gasteiger partial charge in [-0.25, -0.2) is 0 Å². The van der Waals surface area contributed by atoms with Crippen molar-refractivity contribution in [1.82, 2.24) is 5.32 Å². The Morgan fingerprint density at radius 3 is 2.73 bits per heavy atom. The minimum absolute atomic E-state index is 0.224. The van der Waals surface area contributed by atoms with E-state index in [2.05, 4.69) is 36.5 Å². The molecule has 2 aromatic rings. The van der Waals surface area contributed by atoms with Crippen LogP contribution in [-0.2, 0) is 0 Å². The summed E-state index contributed by atoms with van der Waals surface area (Å²) < 4.78 is 17.4. The van der Waals surface area contributed by atoms with E-state index in [0.29, 0.717) is 24.7 Å². The zero-order valence-electron chi connectivity index (χ0n) is 15.1. The quantitative estimate of drug-likeness (QED) is 0.906. The Hall–Kier alpha value is -2.20. The Morgan fingerprint density at radius 1 is 1.00 bits per heavy atom. The van der Waals surface area contributed by atoms with Gasteiger partial charge in [-0.2, -0.15) is 0 Å². The van der Waals surface area contributed by atoms with E-state index in [9.17, 15) is 0 Å². The third-order valence-electron chi connectivity index (χ3n) is 6.11. The Kier molecular flexibility index (Phi) is 4.01. The number of benzene rings is 2. The number of nitrogens with one attached hydrogen (secondary N) is 1. The smallest absolute Gasteiger partial charge is 0.231 e. The number of hydrogen-bond acceptors (Lipinski definition) is 4. The number of fused-ring (bicyclic) bond motifs is 5. The summed E-state index contributed by atoms with van der Waals surface area (Å²) in [5.74, 6) is 3.52. The van der Waals surface area contributed by atoms with Crippen LogP contribution in [0.3, 0.4) is 0 Å². The van der Waals surface area contributed by atoms with Crippen LogP contribution >= 0.6 is 0 Å². The van der Waals surface area contributed by atoms with Gasteiger partial charge in [0, 0.05) is 24.6 Å². The van der Waals surface area contributed by atoms with Crippen molar-refractivity contribution < 1.29 is 14.2 Å². The maximum Gasteiger partial charge on any atom is 0.231 e. The predicted octanol–water partition coefficient (Wildman–Crippen LogP) is 4.03. The zero-order valence-corrected chi connectivity index (χ0v) is 15.1. The van der Waals surface area contributed by atoms with Crippen LogP contribution in [0.4, 0.5) is 0 Å². The second kappa shape index (κ2) is 6.51. The van der Waals surface area contributed by atoms with Gasteiger partial charge in [0.15, 0.2) is 11.5 Å². The third-order valence-corrected chi connectivity index (χ3v) is 6.11. The third kappa shape index (κ3) is 2.92. The van der Waals surface area contributed by atoms with E-state index in [1.165, 1.54) is 24.0 Å². The number of piperidine rings is 1. The van der Waals surface area contributed by atoms with E-state index in [0.717, 1.165) is 30.2 Å². The minimum Gasteiger partial charge on any atom is -0.490 e. The van der Waals surface area contributed by atoms with Gasteiger partial charge < -0.3 is 19.5 Å². The van der Waals surface area contributed by atoms with Crippen LogP contribution in [0.25, 0.3) is 0 Å². The molecular formula is C22H25NO3. The molecule has 2 saturated heterocycles. The largest absolute Gasteiger partial charge is 0.490 e. The second-order valence-electron chi connectivity index (χ2n) is 7.77. The molecule has 0 spiro atoms. The Bertz CT molecular complexity index is 788. The lowest BCUT2D eigenvalue weighted by atomic mass is 9.78. The predicted molar refractivity (Wildman–Crippen MR) is 100 cm³/mol. The van der Waals surface area contributed by atoms with Crippen LogP contribution in [0.5, 0.6) is 17.2 Å². The SMILES string of the molecule is Cc1ccc([C@H]2C[C@@H]3CC[C@H](Oc4ccc5c(c4)OCO5)[C@H]2CN3)cc1. The fraction of sp³-hybridized carbons (Fsp3) is 0.455. The highest BCUT2D eigenvalue weighted by Crippen LogP contribution is 2.42. The molecule has 0 unspecified atom stereocenters. The normalized spacial score (nSPS) is 29.4. The molecule has 1 aliphatic carbocycles. The molecule has 1 saturated carbocycles. The molecule has 3 fully saturated rings. The summed E-state index contributed by atoms with van der Waals surface area (Å²) >= 11 is 0.